The number of nitrogens with two attached hydrogens (primary N) is 1. The van der Waals surface area contributed by atoms with E-state index in [1.54, 1.807) is 18.3 Å². The highest BCUT2D eigenvalue weighted by Gasteiger charge is 2.42. The molecule has 2 saturated heterocycles. The smallest absolute Gasteiger partial charge is 0.251 e. The fraction of sp³-hybridized carbons (Fsp3) is 0.562. The molecule has 8 nitrogen and oxygen atoms in total. The number of aryl methyl sites for hydroxylation is 1. The van der Waals surface area contributed by atoms with Crippen LogP contribution in [0.1, 0.15) is 103 Å². The zero-order chi connectivity index (χ0) is 28.7. The first kappa shape index (κ1) is 28.1. The van der Waals surface area contributed by atoms with Gasteiger partial charge in [0.1, 0.15) is 5.82 Å². The molecule has 2 amide bonds. The molecule has 0 radical (unpaired) electrons. The summed E-state index contributed by atoms with van der Waals surface area (Å²) in [4.78, 5) is 45.3. The number of anilines is 2. The molecular weight excluding hydrogens is 502 g/mol. The van der Waals surface area contributed by atoms with Crippen LogP contribution in [0.3, 0.4) is 0 Å². The molecule has 1 aromatic carbocycles. The lowest BCUT2D eigenvalue weighted by molar-refractivity contribution is 0.0923. The SMILES string of the molecule is Cc1cc(C(N)=O)c(NC(C(C)C)C(C)C)cc1C(=O)NC1C[C@H]2CC[C@@H](C1)N2c1ccc(C(=O)C2CC2)cn1. The number of amides is 2. The highest BCUT2D eigenvalue weighted by atomic mass is 16.2. The van der Waals surface area contributed by atoms with Gasteiger partial charge in [-0.05, 0) is 87.1 Å². The minimum absolute atomic E-state index is 0.0580. The van der Waals surface area contributed by atoms with Crippen molar-refractivity contribution in [2.75, 3.05) is 10.2 Å². The molecule has 2 bridgehead atoms. The molecule has 1 saturated carbocycles. The summed E-state index contributed by atoms with van der Waals surface area (Å²) < 4.78 is 0. The summed E-state index contributed by atoms with van der Waals surface area (Å²) in [6.07, 6.45) is 7.54. The van der Waals surface area contributed by atoms with E-state index in [4.69, 9.17) is 5.73 Å². The third kappa shape index (κ3) is 5.72. The number of Topliss-reactive ketones (excluding diaryl/α,β-unsaturated/α-hetero) is 1. The number of nitrogens with zero attached hydrogens (tertiary/aromatic N) is 2. The standard InChI is InChI=1S/C32H43N5O3/c1-17(2)29(18(3)4)36-27-15-25(19(5)12-26(27)31(33)39)32(40)35-22-13-23-9-10-24(14-22)37(23)28-11-8-21(16-34-28)30(38)20-6-7-20/h8,11-12,15-18,20,22-24,29,36H,6-7,9-10,13-14H2,1-5H3,(H2,33,39)(H,35,40)/t22?,23-,24+. The highest BCUT2D eigenvalue weighted by Crippen LogP contribution is 2.39. The van der Waals surface area contributed by atoms with Crippen LogP contribution in [0.4, 0.5) is 11.5 Å². The number of pyridine rings is 1. The second kappa shape index (κ2) is 11.2. The van der Waals surface area contributed by atoms with E-state index < -0.39 is 5.91 Å². The van der Waals surface area contributed by atoms with Crippen molar-refractivity contribution in [2.45, 2.75) is 97.3 Å². The molecule has 2 aromatic rings. The monoisotopic (exact) mass is 545 g/mol. The van der Waals surface area contributed by atoms with Crippen molar-refractivity contribution in [3.8, 4) is 0 Å². The number of hydrogen-bond acceptors (Lipinski definition) is 6. The van der Waals surface area contributed by atoms with Gasteiger partial charge in [0, 0.05) is 53.1 Å². The molecule has 0 spiro atoms. The minimum atomic E-state index is -0.508. The van der Waals surface area contributed by atoms with Crippen LogP contribution >= 0.6 is 0 Å². The number of aromatic nitrogens is 1. The number of hydrogen-bond donors (Lipinski definition) is 3. The van der Waals surface area contributed by atoms with Crippen LogP contribution in [-0.2, 0) is 0 Å². The number of carbonyl (C=O) groups is 3. The molecule has 1 unspecified atom stereocenters. The van der Waals surface area contributed by atoms with Gasteiger partial charge in [-0.15, -0.1) is 0 Å². The van der Waals surface area contributed by atoms with Gasteiger partial charge >= 0.3 is 0 Å². The number of piperidine rings is 1. The molecule has 1 aromatic heterocycles. The lowest BCUT2D eigenvalue weighted by Crippen LogP contribution is -2.50. The summed E-state index contributed by atoms with van der Waals surface area (Å²) in [5.41, 5.74) is 8.74. The zero-order valence-corrected chi connectivity index (χ0v) is 24.4. The maximum Gasteiger partial charge on any atom is 0.251 e. The van der Waals surface area contributed by atoms with Crippen molar-refractivity contribution in [3.05, 3.63) is 52.7 Å². The second-order valence-electron chi connectivity index (χ2n) is 12.7. The molecule has 8 heteroatoms. The molecule has 40 heavy (non-hydrogen) atoms. The quantitative estimate of drug-likeness (QED) is 0.358. The average molecular weight is 546 g/mol. The van der Waals surface area contributed by atoms with Crippen molar-refractivity contribution in [1.29, 1.82) is 0 Å². The van der Waals surface area contributed by atoms with E-state index >= 15 is 0 Å². The molecule has 3 fully saturated rings. The maximum absolute atomic E-state index is 13.6. The van der Waals surface area contributed by atoms with Crippen LogP contribution in [0.5, 0.6) is 0 Å². The molecule has 3 atom stereocenters. The van der Waals surface area contributed by atoms with Gasteiger partial charge in [-0.2, -0.15) is 0 Å². The Hall–Kier alpha value is -3.42. The first-order chi connectivity index (χ1) is 19.0. The Labute approximate surface area is 237 Å². The number of rotatable bonds is 10. The van der Waals surface area contributed by atoms with E-state index in [9.17, 15) is 14.4 Å². The van der Waals surface area contributed by atoms with Gasteiger partial charge in [0.05, 0.1) is 5.56 Å². The third-order valence-electron chi connectivity index (χ3n) is 8.95. The van der Waals surface area contributed by atoms with E-state index in [1.807, 2.05) is 19.1 Å². The second-order valence-corrected chi connectivity index (χ2v) is 12.7. The van der Waals surface area contributed by atoms with Crippen LogP contribution in [0.25, 0.3) is 0 Å². The molecule has 5 rings (SSSR count). The van der Waals surface area contributed by atoms with Gasteiger partial charge in [-0.3, -0.25) is 14.4 Å². The van der Waals surface area contributed by atoms with Gasteiger partial charge in [-0.25, -0.2) is 4.98 Å². The minimum Gasteiger partial charge on any atom is -0.381 e. The Morgan fingerprint density at radius 2 is 1.60 bits per heavy atom. The summed E-state index contributed by atoms with van der Waals surface area (Å²) in [6, 6.07) is 8.22. The van der Waals surface area contributed by atoms with E-state index in [2.05, 4.69) is 48.2 Å². The zero-order valence-electron chi connectivity index (χ0n) is 24.4. The summed E-state index contributed by atoms with van der Waals surface area (Å²) in [5.74, 6) is 1.37. The number of benzene rings is 1. The molecular formula is C32H43N5O3. The average Bonchev–Trinajstić information content (AvgIpc) is 3.71. The normalized spacial score (nSPS) is 22.2. The predicted octanol–water partition coefficient (Wildman–Crippen LogP) is 5.10. The van der Waals surface area contributed by atoms with Crippen molar-refractivity contribution >= 4 is 29.1 Å². The molecule has 214 valence electrons. The summed E-state index contributed by atoms with van der Waals surface area (Å²) in [7, 11) is 0. The van der Waals surface area contributed by atoms with Crippen molar-refractivity contribution in [2.24, 2.45) is 23.5 Å². The van der Waals surface area contributed by atoms with Crippen molar-refractivity contribution in [3.63, 3.8) is 0 Å². The van der Waals surface area contributed by atoms with Crippen molar-refractivity contribution in [1.82, 2.24) is 10.3 Å². The third-order valence-corrected chi connectivity index (χ3v) is 8.95. The Balaban J connectivity index is 1.29. The number of nitrogens with one attached hydrogen (secondary N) is 2. The predicted molar refractivity (Wildman–Crippen MR) is 158 cm³/mol. The number of ketones is 1. The Morgan fingerprint density at radius 3 is 2.12 bits per heavy atom. The number of carbonyl (C=O) groups excluding carboxylic acids is 3. The maximum atomic E-state index is 13.6. The van der Waals surface area contributed by atoms with Gasteiger partial charge in [0.15, 0.2) is 5.78 Å². The lowest BCUT2D eigenvalue weighted by atomic mass is 9.92. The first-order valence-corrected chi connectivity index (χ1v) is 14.8. The van der Waals surface area contributed by atoms with Crippen LogP contribution < -0.4 is 21.3 Å². The first-order valence-electron chi connectivity index (χ1n) is 14.8. The van der Waals surface area contributed by atoms with Gasteiger partial charge in [-0.1, -0.05) is 27.7 Å². The van der Waals surface area contributed by atoms with Crippen LogP contribution in [0.15, 0.2) is 30.5 Å². The van der Waals surface area contributed by atoms with E-state index in [-0.39, 0.29) is 29.7 Å². The molecule has 2 aliphatic heterocycles. The molecule has 3 heterocycles. The summed E-state index contributed by atoms with van der Waals surface area (Å²) in [6.45, 7) is 10.4. The fourth-order valence-electron chi connectivity index (χ4n) is 6.76. The number of fused-ring (bicyclic) bond motifs is 2. The summed E-state index contributed by atoms with van der Waals surface area (Å²) >= 11 is 0. The Morgan fingerprint density at radius 1 is 0.950 bits per heavy atom. The van der Waals surface area contributed by atoms with E-state index in [0.717, 1.165) is 49.9 Å². The van der Waals surface area contributed by atoms with Gasteiger partial charge < -0.3 is 21.3 Å². The van der Waals surface area contributed by atoms with Crippen LogP contribution in [0.2, 0.25) is 0 Å². The number of primary amides is 1. The Kier molecular flexibility index (Phi) is 7.89. The molecule has 4 N–H and O–H groups in total. The van der Waals surface area contributed by atoms with Crippen LogP contribution in [-0.4, -0.2) is 46.7 Å². The van der Waals surface area contributed by atoms with Crippen LogP contribution in [0, 0.1) is 24.7 Å². The fourth-order valence-corrected chi connectivity index (χ4v) is 6.76. The van der Waals surface area contributed by atoms with E-state index in [0.29, 0.717) is 46.3 Å². The molecule has 1 aliphatic carbocycles. The Bertz CT molecular complexity index is 1260. The topological polar surface area (TPSA) is 117 Å². The largest absolute Gasteiger partial charge is 0.381 e. The van der Waals surface area contributed by atoms with E-state index in [1.165, 1.54) is 0 Å². The molecule has 3 aliphatic rings. The van der Waals surface area contributed by atoms with Gasteiger partial charge in [0.2, 0.25) is 0 Å². The van der Waals surface area contributed by atoms with Gasteiger partial charge in [0.25, 0.3) is 11.8 Å². The summed E-state index contributed by atoms with van der Waals surface area (Å²) in [5, 5.41) is 6.80. The lowest BCUT2D eigenvalue weighted by Gasteiger charge is -2.40. The van der Waals surface area contributed by atoms with Crippen molar-refractivity contribution < 1.29 is 14.4 Å². The highest BCUT2D eigenvalue weighted by molar-refractivity contribution is 6.03.